The largest absolute Gasteiger partial charge is 0.329 e. The molecule has 0 aromatic carbocycles. The summed E-state index contributed by atoms with van der Waals surface area (Å²) in [6.07, 6.45) is 6.36. The third kappa shape index (κ3) is 3.33. The van der Waals surface area contributed by atoms with Gasteiger partial charge in [-0.1, -0.05) is 18.7 Å². The van der Waals surface area contributed by atoms with E-state index >= 15 is 0 Å². The van der Waals surface area contributed by atoms with Crippen LogP contribution in [0.4, 0.5) is 0 Å². The lowest BCUT2D eigenvalue weighted by molar-refractivity contribution is 0.772. The van der Waals surface area contributed by atoms with Crippen molar-refractivity contribution in [1.29, 1.82) is 0 Å². The molecule has 0 aliphatic carbocycles. The molecule has 22 heavy (non-hydrogen) atoms. The summed E-state index contributed by atoms with van der Waals surface area (Å²) in [4.78, 5) is 17.5. The van der Waals surface area contributed by atoms with Crippen molar-refractivity contribution >= 4 is 11.8 Å². The number of rotatable bonds is 6. The van der Waals surface area contributed by atoms with Crippen LogP contribution in [0.5, 0.6) is 0 Å². The summed E-state index contributed by atoms with van der Waals surface area (Å²) >= 11 is 1.62. The van der Waals surface area contributed by atoms with E-state index in [0.717, 1.165) is 47.0 Å². The number of imidazole rings is 1. The minimum atomic E-state index is 0.773. The Kier molecular flexibility index (Phi) is 4.47. The average Bonchev–Trinajstić information content (AvgIpc) is 3.16. The zero-order chi connectivity index (χ0) is 15.4. The van der Waals surface area contributed by atoms with Gasteiger partial charge in [0.15, 0.2) is 5.82 Å². The molecule has 3 rings (SSSR count). The van der Waals surface area contributed by atoms with Crippen molar-refractivity contribution in [3.63, 3.8) is 0 Å². The predicted molar refractivity (Wildman–Crippen MR) is 84.5 cm³/mol. The van der Waals surface area contributed by atoms with Crippen molar-refractivity contribution in [2.75, 3.05) is 5.75 Å². The number of thioether (sulfide) groups is 1. The van der Waals surface area contributed by atoms with E-state index in [-0.39, 0.29) is 0 Å². The second-order valence-corrected chi connectivity index (χ2v) is 5.77. The first kappa shape index (κ1) is 14.7. The molecule has 0 bridgehead atoms. The molecule has 0 aliphatic rings. The van der Waals surface area contributed by atoms with E-state index in [0.29, 0.717) is 0 Å². The van der Waals surface area contributed by atoms with Crippen LogP contribution in [0, 0.1) is 6.92 Å². The summed E-state index contributed by atoms with van der Waals surface area (Å²) in [6, 6.07) is 1.89. The predicted octanol–water partition coefficient (Wildman–Crippen LogP) is 2.12. The number of aromatic nitrogens is 7. The van der Waals surface area contributed by atoms with Gasteiger partial charge in [-0.3, -0.25) is 5.10 Å². The molecule has 8 heteroatoms. The minimum absolute atomic E-state index is 0.773. The van der Waals surface area contributed by atoms with Gasteiger partial charge in [0.05, 0.1) is 0 Å². The minimum Gasteiger partial charge on any atom is -0.329 e. The molecule has 0 radical (unpaired) electrons. The molecule has 0 saturated heterocycles. The fourth-order valence-electron chi connectivity index (χ4n) is 2.04. The van der Waals surface area contributed by atoms with Gasteiger partial charge >= 0.3 is 0 Å². The van der Waals surface area contributed by atoms with Gasteiger partial charge in [0, 0.05) is 37.3 Å². The number of aryl methyl sites for hydroxylation is 3. The number of hydrogen-bond acceptors (Lipinski definition) is 6. The van der Waals surface area contributed by atoms with Crippen LogP contribution in [0.2, 0.25) is 0 Å². The van der Waals surface area contributed by atoms with Gasteiger partial charge in [-0.2, -0.15) is 0 Å². The zero-order valence-corrected chi connectivity index (χ0v) is 13.3. The monoisotopic (exact) mass is 315 g/mol. The first-order valence-electron chi connectivity index (χ1n) is 7.11. The Morgan fingerprint density at radius 3 is 2.91 bits per heavy atom. The van der Waals surface area contributed by atoms with E-state index in [1.807, 2.05) is 26.1 Å². The van der Waals surface area contributed by atoms with E-state index in [4.69, 9.17) is 0 Å². The molecule has 1 N–H and O–H groups in total. The van der Waals surface area contributed by atoms with Gasteiger partial charge in [-0.05, 0) is 13.0 Å². The molecule has 3 aromatic rings. The van der Waals surface area contributed by atoms with Crippen LogP contribution in [0.3, 0.4) is 0 Å². The van der Waals surface area contributed by atoms with Gasteiger partial charge in [-0.25, -0.2) is 19.9 Å². The Bertz CT molecular complexity index is 749. The fraction of sp³-hybridized carbons (Fsp3) is 0.357. The highest BCUT2D eigenvalue weighted by molar-refractivity contribution is 7.99. The second kappa shape index (κ2) is 6.69. The normalized spacial score (nSPS) is 11.0. The highest BCUT2D eigenvalue weighted by Crippen LogP contribution is 2.17. The van der Waals surface area contributed by atoms with E-state index in [2.05, 4.69) is 34.7 Å². The number of hydrogen-bond donors (Lipinski definition) is 1. The van der Waals surface area contributed by atoms with Crippen LogP contribution in [0.15, 0.2) is 29.8 Å². The molecule has 114 valence electrons. The van der Waals surface area contributed by atoms with Crippen molar-refractivity contribution in [2.45, 2.75) is 32.0 Å². The number of aromatic amines is 1. The molecular formula is C14H17N7S. The lowest BCUT2D eigenvalue weighted by Gasteiger charge is -2.07. The molecule has 0 fully saturated rings. The van der Waals surface area contributed by atoms with Crippen LogP contribution in [-0.2, 0) is 13.0 Å². The van der Waals surface area contributed by atoms with Crippen molar-refractivity contribution in [1.82, 2.24) is 34.7 Å². The van der Waals surface area contributed by atoms with Crippen molar-refractivity contribution in [3.8, 4) is 11.5 Å². The Hall–Kier alpha value is -2.22. The van der Waals surface area contributed by atoms with E-state index < -0.39 is 0 Å². The highest BCUT2D eigenvalue weighted by Gasteiger charge is 2.09. The quantitative estimate of drug-likeness (QED) is 0.701. The standard InChI is InChI=1S/C14H17N7S/c1-3-12-15-5-4-11(18-12)13-16-6-7-21(13)8-9-22-14-17-10(2)19-20-14/h4-7H,3,8-9H2,1-2H3,(H,17,19,20). The van der Waals surface area contributed by atoms with E-state index in [1.54, 1.807) is 24.2 Å². The summed E-state index contributed by atoms with van der Waals surface area (Å²) in [5.74, 6) is 3.40. The summed E-state index contributed by atoms with van der Waals surface area (Å²) in [5.41, 5.74) is 0.857. The smallest absolute Gasteiger partial charge is 0.208 e. The van der Waals surface area contributed by atoms with E-state index in [9.17, 15) is 0 Å². The van der Waals surface area contributed by atoms with Crippen LogP contribution in [0.1, 0.15) is 18.6 Å². The second-order valence-electron chi connectivity index (χ2n) is 4.71. The molecule has 0 atom stereocenters. The summed E-state index contributed by atoms with van der Waals surface area (Å²) in [5, 5.41) is 7.74. The van der Waals surface area contributed by atoms with Crippen LogP contribution in [0.25, 0.3) is 11.5 Å². The zero-order valence-electron chi connectivity index (χ0n) is 12.5. The summed E-state index contributed by atoms with van der Waals surface area (Å²) < 4.78 is 2.09. The molecule has 0 spiro atoms. The molecule has 3 heterocycles. The molecule has 0 amide bonds. The van der Waals surface area contributed by atoms with Crippen LogP contribution < -0.4 is 0 Å². The van der Waals surface area contributed by atoms with E-state index in [1.165, 1.54) is 0 Å². The third-order valence-corrected chi connectivity index (χ3v) is 3.93. The van der Waals surface area contributed by atoms with Crippen LogP contribution in [-0.4, -0.2) is 40.5 Å². The molecule has 7 nitrogen and oxygen atoms in total. The topological polar surface area (TPSA) is 85.2 Å². The van der Waals surface area contributed by atoms with Gasteiger partial charge in [0.1, 0.15) is 17.3 Å². The fourth-order valence-corrected chi connectivity index (χ4v) is 2.82. The van der Waals surface area contributed by atoms with Gasteiger partial charge in [-0.15, -0.1) is 5.10 Å². The Morgan fingerprint density at radius 1 is 1.23 bits per heavy atom. The van der Waals surface area contributed by atoms with Gasteiger partial charge < -0.3 is 4.57 Å². The molecule has 0 unspecified atom stereocenters. The lowest BCUT2D eigenvalue weighted by Crippen LogP contribution is -2.04. The number of H-pyrrole nitrogens is 1. The Labute approximate surface area is 132 Å². The maximum Gasteiger partial charge on any atom is 0.208 e. The maximum atomic E-state index is 4.53. The SMILES string of the molecule is CCc1nccc(-c2nccn2CCSc2n[nH]c(C)n2)n1. The number of nitrogens with zero attached hydrogens (tertiary/aromatic N) is 6. The summed E-state index contributed by atoms with van der Waals surface area (Å²) in [7, 11) is 0. The average molecular weight is 315 g/mol. The van der Waals surface area contributed by atoms with Gasteiger partial charge in [0.2, 0.25) is 5.16 Å². The van der Waals surface area contributed by atoms with Gasteiger partial charge in [0.25, 0.3) is 0 Å². The number of nitrogens with one attached hydrogen (secondary N) is 1. The third-order valence-electron chi connectivity index (χ3n) is 3.11. The first-order chi connectivity index (χ1) is 10.8. The molecule has 0 aliphatic heterocycles. The molecule has 3 aromatic heterocycles. The molecule has 0 saturated carbocycles. The summed E-state index contributed by atoms with van der Waals surface area (Å²) in [6.45, 7) is 4.76. The van der Waals surface area contributed by atoms with Crippen LogP contribution >= 0.6 is 11.8 Å². The maximum absolute atomic E-state index is 4.53. The van der Waals surface area contributed by atoms with Crippen molar-refractivity contribution in [3.05, 3.63) is 36.3 Å². The highest BCUT2D eigenvalue weighted by atomic mass is 32.2. The Morgan fingerprint density at radius 2 is 2.14 bits per heavy atom. The van der Waals surface area contributed by atoms with Crippen molar-refractivity contribution in [2.24, 2.45) is 0 Å². The first-order valence-corrected chi connectivity index (χ1v) is 8.10. The molecular weight excluding hydrogens is 298 g/mol. The van der Waals surface area contributed by atoms with Crippen molar-refractivity contribution < 1.29 is 0 Å². The lowest BCUT2D eigenvalue weighted by atomic mass is 10.3. The Balaban J connectivity index is 1.69.